The van der Waals surface area contributed by atoms with E-state index in [0.717, 1.165) is 40.3 Å². The van der Waals surface area contributed by atoms with Gasteiger partial charge in [0, 0.05) is 23.1 Å². The van der Waals surface area contributed by atoms with E-state index in [-0.39, 0.29) is 0 Å². The highest BCUT2D eigenvalue weighted by Crippen LogP contribution is 2.28. The van der Waals surface area contributed by atoms with Gasteiger partial charge >= 0.3 is 0 Å². The number of aromatic amines is 1. The Balaban J connectivity index is 1.62. The largest absolute Gasteiger partial charge is 0.262 e. The topological polar surface area (TPSA) is 54.5 Å². The van der Waals surface area contributed by atoms with Crippen molar-refractivity contribution < 1.29 is 0 Å². The molecule has 2 aromatic heterocycles. The third kappa shape index (κ3) is 4.24. The first-order chi connectivity index (χ1) is 11.7. The summed E-state index contributed by atoms with van der Waals surface area (Å²) >= 11 is 3.32. The van der Waals surface area contributed by atoms with E-state index in [1.165, 1.54) is 11.1 Å². The van der Waals surface area contributed by atoms with Crippen molar-refractivity contribution in [3.05, 3.63) is 46.7 Å². The summed E-state index contributed by atoms with van der Waals surface area (Å²) in [5.74, 6) is 2.31. The normalized spacial score (nSPS) is 11.3. The highest BCUT2D eigenvalue weighted by atomic mass is 32.2. The Hall–Kier alpha value is -1.66. The van der Waals surface area contributed by atoms with E-state index >= 15 is 0 Å². The molecule has 0 saturated carbocycles. The average Bonchev–Trinajstić information content (AvgIpc) is 3.23. The quantitative estimate of drug-likeness (QED) is 0.583. The number of thioether (sulfide) groups is 1. The number of benzene rings is 1. The van der Waals surface area contributed by atoms with Crippen LogP contribution in [0.1, 0.15) is 50.2 Å². The second kappa shape index (κ2) is 7.94. The summed E-state index contributed by atoms with van der Waals surface area (Å²) in [7, 11) is 0. The van der Waals surface area contributed by atoms with Crippen molar-refractivity contribution in [1.82, 2.24) is 20.2 Å². The molecule has 0 saturated heterocycles. The maximum absolute atomic E-state index is 4.75. The summed E-state index contributed by atoms with van der Waals surface area (Å²) in [5, 5.41) is 11.2. The van der Waals surface area contributed by atoms with Gasteiger partial charge in [0.25, 0.3) is 0 Å². The van der Waals surface area contributed by atoms with Crippen LogP contribution in [0, 0.1) is 0 Å². The first-order valence-corrected chi connectivity index (χ1v) is 10.1. The van der Waals surface area contributed by atoms with Crippen LogP contribution in [0.4, 0.5) is 0 Å². The first-order valence-electron chi connectivity index (χ1n) is 8.24. The van der Waals surface area contributed by atoms with Crippen LogP contribution in [0.25, 0.3) is 10.6 Å². The van der Waals surface area contributed by atoms with Crippen LogP contribution in [0.15, 0.2) is 34.8 Å². The molecule has 0 spiro atoms. The molecule has 0 radical (unpaired) electrons. The molecule has 4 nitrogen and oxygen atoms in total. The Labute approximate surface area is 151 Å². The molecule has 6 heteroatoms. The maximum Gasteiger partial charge on any atom is 0.208 e. The molecule has 0 aliphatic rings. The van der Waals surface area contributed by atoms with Gasteiger partial charge in [-0.2, -0.15) is 0 Å². The lowest BCUT2D eigenvalue weighted by Gasteiger charge is -2.05. The van der Waals surface area contributed by atoms with E-state index in [9.17, 15) is 0 Å². The SMILES string of the molecule is CCCc1nc(SCc2csc(-c3ccc(C(C)C)cc3)n2)n[nH]1. The monoisotopic (exact) mass is 358 g/mol. The van der Waals surface area contributed by atoms with Crippen molar-refractivity contribution in [2.45, 2.75) is 50.4 Å². The minimum absolute atomic E-state index is 0.557. The molecule has 24 heavy (non-hydrogen) atoms. The Morgan fingerprint density at radius 3 is 2.67 bits per heavy atom. The zero-order chi connectivity index (χ0) is 16.9. The van der Waals surface area contributed by atoms with Crippen LogP contribution in [0.5, 0.6) is 0 Å². The standard InChI is InChI=1S/C18H22N4S2/c1-4-5-16-20-18(22-21-16)24-11-15-10-23-17(19-15)14-8-6-13(7-9-14)12(2)3/h6-10,12H,4-5,11H2,1-3H3,(H,20,21,22). The van der Waals surface area contributed by atoms with Crippen molar-refractivity contribution in [3.8, 4) is 10.6 Å². The van der Waals surface area contributed by atoms with E-state index < -0.39 is 0 Å². The first kappa shape index (κ1) is 17.2. The summed E-state index contributed by atoms with van der Waals surface area (Å²) in [6, 6.07) is 8.71. The van der Waals surface area contributed by atoms with Gasteiger partial charge in [-0.3, -0.25) is 5.10 Å². The van der Waals surface area contributed by atoms with Crippen LogP contribution < -0.4 is 0 Å². The smallest absolute Gasteiger partial charge is 0.208 e. The van der Waals surface area contributed by atoms with E-state index in [0.29, 0.717) is 5.92 Å². The Kier molecular flexibility index (Phi) is 5.68. The van der Waals surface area contributed by atoms with Gasteiger partial charge in [-0.1, -0.05) is 56.8 Å². The van der Waals surface area contributed by atoms with Gasteiger partial charge in [-0.05, 0) is 17.9 Å². The highest BCUT2D eigenvalue weighted by Gasteiger charge is 2.08. The molecule has 0 atom stereocenters. The van der Waals surface area contributed by atoms with Gasteiger partial charge in [0.1, 0.15) is 10.8 Å². The van der Waals surface area contributed by atoms with E-state index in [2.05, 4.69) is 65.6 Å². The zero-order valence-corrected chi connectivity index (χ0v) is 15.9. The summed E-state index contributed by atoms with van der Waals surface area (Å²) in [6.45, 7) is 6.56. The predicted octanol–water partition coefficient (Wildman–Crippen LogP) is 5.30. The Morgan fingerprint density at radius 2 is 1.96 bits per heavy atom. The lowest BCUT2D eigenvalue weighted by atomic mass is 10.0. The molecule has 3 aromatic rings. The fourth-order valence-electron chi connectivity index (χ4n) is 2.35. The number of nitrogens with zero attached hydrogens (tertiary/aromatic N) is 3. The van der Waals surface area contributed by atoms with Crippen LogP contribution in [0.3, 0.4) is 0 Å². The number of hydrogen-bond donors (Lipinski definition) is 1. The average molecular weight is 359 g/mol. The molecule has 1 N–H and O–H groups in total. The second-order valence-corrected chi connectivity index (χ2v) is 7.82. The summed E-state index contributed by atoms with van der Waals surface area (Å²) < 4.78 is 0. The molecule has 0 fully saturated rings. The molecule has 0 aliphatic heterocycles. The molecule has 0 aliphatic carbocycles. The molecule has 126 valence electrons. The highest BCUT2D eigenvalue weighted by molar-refractivity contribution is 7.98. The zero-order valence-electron chi connectivity index (χ0n) is 14.2. The molecule has 1 aromatic carbocycles. The number of aromatic nitrogens is 4. The molecule has 0 bridgehead atoms. The van der Waals surface area contributed by atoms with Crippen molar-refractivity contribution in [2.75, 3.05) is 0 Å². The fourth-order valence-corrected chi connectivity index (χ4v) is 3.99. The molecular formula is C18H22N4S2. The van der Waals surface area contributed by atoms with Gasteiger partial charge in [-0.15, -0.1) is 16.4 Å². The minimum atomic E-state index is 0.557. The molecule has 3 rings (SSSR count). The fraction of sp³-hybridized carbons (Fsp3) is 0.389. The van der Waals surface area contributed by atoms with Gasteiger partial charge < -0.3 is 0 Å². The molecular weight excluding hydrogens is 336 g/mol. The third-order valence-electron chi connectivity index (χ3n) is 3.72. The minimum Gasteiger partial charge on any atom is -0.262 e. The number of aryl methyl sites for hydroxylation is 1. The van der Waals surface area contributed by atoms with Crippen molar-refractivity contribution in [1.29, 1.82) is 0 Å². The van der Waals surface area contributed by atoms with Gasteiger partial charge in [0.15, 0.2) is 0 Å². The van der Waals surface area contributed by atoms with Crippen molar-refractivity contribution in [2.24, 2.45) is 0 Å². The molecule has 0 unspecified atom stereocenters. The lowest BCUT2D eigenvalue weighted by molar-refractivity contribution is 0.840. The third-order valence-corrected chi connectivity index (χ3v) is 5.54. The molecule has 2 heterocycles. The van der Waals surface area contributed by atoms with Crippen LogP contribution in [-0.2, 0) is 12.2 Å². The number of hydrogen-bond acceptors (Lipinski definition) is 5. The summed E-state index contributed by atoms with van der Waals surface area (Å²) in [5.41, 5.74) is 3.62. The Morgan fingerprint density at radius 1 is 1.17 bits per heavy atom. The maximum atomic E-state index is 4.75. The van der Waals surface area contributed by atoms with Gasteiger partial charge in [0.05, 0.1) is 5.69 Å². The molecule has 0 amide bonds. The number of H-pyrrole nitrogens is 1. The lowest BCUT2D eigenvalue weighted by Crippen LogP contribution is -1.87. The second-order valence-electron chi connectivity index (χ2n) is 6.02. The van der Waals surface area contributed by atoms with Crippen LogP contribution >= 0.6 is 23.1 Å². The van der Waals surface area contributed by atoms with Crippen LogP contribution in [-0.4, -0.2) is 20.2 Å². The van der Waals surface area contributed by atoms with Crippen LogP contribution in [0.2, 0.25) is 0 Å². The van der Waals surface area contributed by atoms with E-state index in [1.807, 2.05) is 0 Å². The summed E-state index contributed by atoms with van der Waals surface area (Å²) in [4.78, 5) is 9.22. The summed E-state index contributed by atoms with van der Waals surface area (Å²) in [6.07, 6.45) is 2.02. The predicted molar refractivity (Wildman–Crippen MR) is 102 cm³/mol. The Bertz CT molecular complexity index is 774. The number of rotatable bonds is 7. The van der Waals surface area contributed by atoms with Gasteiger partial charge in [0.2, 0.25) is 5.16 Å². The van der Waals surface area contributed by atoms with Gasteiger partial charge in [-0.25, -0.2) is 9.97 Å². The number of nitrogens with one attached hydrogen (secondary N) is 1. The van der Waals surface area contributed by atoms with E-state index in [4.69, 9.17) is 4.98 Å². The van der Waals surface area contributed by atoms with Crippen molar-refractivity contribution >= 4 is 23.1 Å². The number of thiazole rings is 1. The van der Waals surface area contributed by atoms with E-state index in [1.54, 1.807) is 23.1 Å². The van der Waals surface area contributed by atoms with Crippen molar-refractivity contribution in [3.63, 3.8) is 0 Å².